The molecule has 0 saturated heterocycles. The maximum absolute atomic E-state index is 4.29. The molecule has 3 nitrogen and oxygen atoms in total. The van der Waals surface area contributed by atoms with Gasteiger partial charge in [0.2, 0.25) is 0 Å². The van der Waals surface area contributed by atoms with Crippen molar-refractivity contribution in [2.45, 2.75) is 39.4 Å². The molecule has 0 aromatic carbocycles. The smallest absolute Gasteiger partial charge is 0.0553 e. The van der Waals surface area contributed by atoms with E-state index in [2.05, 4.69) is 41.5 Å². The minimum atomic E-state index is 0.510. The van der Waals surface area contributed by atoms with E-state index in [1.165, 1.54) is 5.69 Å². The molecule has 1 aliphatic rings. The topological polar surface area (TPSA) is 21.1 Å². The van der Waals surface area contributed by atoms with E-state index in [1.54, 1.807) is 0 Å². The Balaban J connectivity index is 2.27. The van der Waals surface area contributed by atoms with Gasteiger partial charge in [-0.25, -0.2) is 0 Å². The Kier molecular flexibility index (Phi) is 2.12. The number of fused-ring (bicyclic) bond motifs is 1. The van der Waals surface area contributed by atoms with Gasteiger partial charge in [0.25, 0.3) is 0 Å². The van der Waals surface area contributed by atoms with E-state index in [0.29, 0.717) is 12.1 Å². The van der Waals surface area contributed by atoms with Crippen LogP contribution in [0.2, 0.25) is 0 Å². The first-order chi connectivity index (χ1) is 6.20. The largest absolute Gasteiger partial charge is 0.291 e. The molecular formula is C10H17N3. The van der Waals surface area contributed by atoms with Crippen molar-refractivity contribution in [3.8, 4) is 0 Å². The number of aromatic nitrogens is 2. The first kappa shape index (κ1) is 8.75. The maximum Gasteiger partial charge on any atom is 0.0553 e. The SMILES string of the molecule is CC(C)N1CCn2nccc2C1C. The summed E-state index contributed by atoms with van der Waals surface area (Å²) in [4.78, 5) is 2.51. The molecule has 1 unspecified atom stereocenters. The van der Waals surface area contributed by atoms with E-state index < -0.39 is 0 Å². The average molecular weight is 179 g/mol. The van der Waals surface area contributed by atoms with Gasteiger partial charge in [0, 0.05) is 24.8 Å². The van der Waals surface area contributed by atoms with Gasteiger partial charge in [-0.15, -0.1) is 0 Å². The Morgan fingerprint density at radius 3 is 2.92 bits per heavy atom. The summed E-state index contributed by atoms with van der Waals surface area (Å²) in [6, 6.07) is 3.26. The lowest BCUT2D eigenvalue weighted by atomic mass is 10.1. The van der Waals surface area contributed by atoms with Crippen molar-refractivity contribution in [2.75, 3.05) is 6.54 Å². The van der Waals surface area contributed by atoms with E-state index in [1.807, 2.05) is 6.20 Å². The van der Waals surface area contributed by atoms with Crippen molar-refractivity contribution in [3.05, 3.63) is 18.0 Å². The van der Waals surface area contributed by atoms with Crippen LogP contribution in [0.1, 0.15) is 32.5 Å². The summed E-state index contributed by atoms with van der Waals surface area (Å²) in [6.45, 7) is 8.91. The molecule has 13 heavy (non-hydrogen) atoms. The third-order valence-electron chi connectivity index (χ3n) is 2.91. The predicted molar refractivity (Wildman–Crippen MR) is 52.5 cm³/mol. The maximum atomic E-state index is 4.29. The molecule has 0 radical (unpaired) electrons. The molecule has 2 rings (SSSR count). The molecule has 1 aromatic heterocycles. The van der Waals surface area contributed by atoms with Gasteiger partial charge in [-0.05, 0) is 26.8 Å². The molecule has 0 aliphatic carbocycles. The second-order valence-electron chi connectivity index (χ2n) is 3.99. The average Bonchev–Trinajstić information content (AvgIpc) is 2.52. The van der Waals surface area contributed by atoms with Crippen LogP contribution in [0.5, 0.6) is 0 Å². The van der Waals surface area contributed by atoms with Crippen LogP contribution in [0, 0.1) is 0 Å². The molecule has 1 aromatic rings. The van der Waals surface area contributed by atoms with Crippen molar-refractivity contribution in [1.82, 2.24) is 14.7 Å². The molecule has 72 valence electrons. The van der Waals surface area contributed by atoms with E-state index in [0.717, 1.165) is 13.1 Å². The Labute approximate surface area is 79.3 Å². The molecule has 0 bridgehead atoms. The summed E-state index contributed by atoms with van der Waals surface area (Å²) in [5.41, 5.74) is 1.35. The lowest BCUT2D eigenvalue weighted by Crippen LogP contribution is -2.41. The van der Waals surface area contributed by atoms with Gasteiger partial charge in [-0.1, -0.05) is 0 Å². The van der Waals surface area contributed by atoms with Gasteiger partial charge in [-0.2, -0.15) is 5.10 Å². The number of hydrogen-bond acceptors (Lipinski definition) is 2. The van der Waals surface area contributed by atoms with Crippen LogP contribution in [0.15, 0.2) is 12.3 Å². The van der Waals surface area contributed by atoms with Crippen LogP contribution in [-0.2, 0) is 6.54 Å². The van der Waals surface area contributed by atoms with Gasteiger partial charge < -0.3 is 0 Å². The van der Waals surface area contributed by atoms with Crippen molar-refractivity contribution in [2.24, 2.45) is 0 Å². The van der Waals surface area contributed by atoms with Crippen molar-refractivity contribution in [3.63, 3.8) is 0 Å². The second-order valence-corrected chi connectivity index (χ2v) is 3.99. The fourth-order valence-electron chi connectivity index (χ4n) is 2.16. The number of hydrogen-bond donors (Lipinski definition) is 0. The normalized spacial score (nSPS) is 23.5. The molecule has 0 fully saturated rings. The van der Waals surface area contributed by atoms with E-state index in [4.69, 9.17) is 0 Å². The summed E-state index contributed by atoms with van der Waals surface area (Å²) in [7, 11) is 0. The standard InChI is InChI=1S/C10H17N3/c1-8(2)12-6-7-13-10(9(12)3)4-5-11-13/h4-5,8-9H,6-7H2,1-3H3. The molecule has 0 amide bonds. The Bertz CT molecular complexity index is 290. The van der Waals surface area contributed by atoms with E-state index in [-0.39, 0.29) is 0 Å². The molecule has 0 N–H and O–H groups in total. The fourth-order valence-corrected chi connectivity index (χ4v) is 2.16. The highest BCUT2D eigenvalue weighted by Crippen LogP contribution is 2.25. The second kappa shape index (κ2) is 3.14. The molecule has 0 saturated carbocycles. The monoisotopic (exact) mass is 179 g/mol. The molecule has 1 atom stereocenters. The minimum Gasteiger partial charge on any atom is -0.291 e. The van der Waals surface area contributed by atoms with Gasteiger partial charge in [-0.3, -0.25) is 9.58 Å². The Morgan fingerprint density at radius 2 is 2.23 bits per heavy atom. The van der Waals surface area contributed by atoms with Crippen LogP contribution in [0.3, 0.4) is 0 Å². The van der Waals surface area contributed by atoms with E-state index in [9.17, 15) is 0 Å². The first-order valence-corrected chi connectivity index (χ1v) is 4.97. The Hall–Kier alpha value is -0.830. The lowest BCUT2D eigenvalue weighted by molar-refractivity contribution is 0.125. The van der Waals surface area contributed by atoms with Crippen LogP contribution in [-0.4, -0.2) is 27.3 Å². The molecule has 0 spiro atoms. The van der Waals surface area contributed by atoms with Gasteiger partial charge >= 0.3 is 0 Å². The van der Waals surface area contributed by atoms with Crippen LogP contribution in [0.25, 0.3) is 0 Å². The summed E-state index contributed by atoms with van der Waals surface area (Å²) >= 11 is 0. The van der Waals surface area contributed by atoms with Crippen molar-refractivity contribution < 1.29 is 0 Å². The predicted octanol–water partition coefficient (Wildman–Crippen LogP) is 1.67. The van der Waals surface area contributed by atoms with Crippen LogP contribution in [0.4, 0.5) is 0 Å². The molecule has 2 heterocycles. The van der Waals surface area contributed by atoms with Crippen LogP contribution >= 0.6 is 0 Å². The quantitative estimate of drug-likeness (QED) is 0.654. The van der Waals surface area contributed by atoms with Crippen molar-refractivity contribution >= 4 is 0 Å². The van der Waals surface area contributed by atoms with E-state index >= 15 is 0 Å². The summed E-state index contributed by atoms with van der Waals surface area (Å²) in [5, 5.41) is 4.29. The zero-order valence-corrected chi connectivity index (χ0v) is 8.57. The highest BCUT2D eigenvalue weighted by atomic mass is 15.3. The molecular weight excluding hydrogens is 162 g/mol. The summed E-state index contributed by atoms with van der Waals surface area (Å²) in [5.74, 6) is 0. The minimum absolute atomic E-state index is 0.510. The number of nitrogens with zero attached hydrogens (tertiary/aromatic N) is 3. The molecule has 1 aliphatic heterocycles. The summed E-state index contributed by atoms with van der Waals surface area (Å²) in [6.07, 6.45) is 1.90. The zero-order valence-electron chi connectivity index (χ0n) is 8.57. The molecule has 3 heteroatoms. The number of rotatable bonds is 1. The zero-order chi connectivity index (χ0) is 9.42. The van der Waals surface area contributed by atoms with Crippen molar-refractivity contribution in [1.29, 1.82) is 0 Å². The lowest BCUT2D eigenvalue weighted by Gasteiger charge is -2.36. The fraction of sp³-hybridized carbons (Fsp3) is 0.700. The van der Waals surface area contributed by atoms with Crippen LogP contribution < -0.4 is 0 Å². The highest BCUT2D eigenvalue weighted by Gasteiger charge is 2.25. The summed E-state index contributed by atoms with van der Waals surface area (Å²) < 4.78 is 2.11. The van der Waals surface area contributed by atoms with Gasteiger partial charge in [0.05, 0.1) is 12.2 Å². The third kappa shape index (κ3) is 1.37. The highest BCUT2D eigenvalue weighted by molar-refractivity contribution is 5.08. The van der Waals surface area contributed by atoms with Gasteiger partial charge in [0.1, 0.15) is 0 Å². The Morgan fingerprint density at radius 1 is 1.46 bits per heavy atom. The third-order valence-corrected chi connectivity index (χ3v) is 2.91. The van der Waals surface area contributed by atoms with Gasteiger partial charge in [0.15, 0.2) is 0 Å². The first-order valence-electron chi connectivity index (χ1n) is 4.97.